The van der Waals surface area contributed by atoms with Crippen molar-refractivity contribution in [3.8, 4) is 0 Å². The first-order valence-electron chi connectivity index (χ1n) is 6.87. The summed E-state index contributed by atoms with van der Waals surface area (Å²) in [5.41, 5.74) is 1.04. The van der Waals surface area contributed by atoms with E-state index in [1.807, 2.05) is 12.1 Å². The van der Waals surface area contributed by atoms with Gasteiger partial charge in [-0.3, -0.25) is 4.90 Å². The van der Waals surface area contributed by atoms with E-state index < -0.39 is 10.0 Å². The largest absolute Gasteiger partial charge is 0.314 e. The maximum atomic E-state index is 12.1. The van der Waals surface area contributed by atoms with Crippen LogP contribution < -0.4 is 5.32 Å². The predicted molar refractivity (Wildman–Crippen MR) is 80.1 cm³/mol. The van der Waals surface area contributed by atoms with Crippen molar-refractivity contribution in [1.29, 1.82) is 0 Å². The van der Waals surface area contributed by atoms with Crippen LogP contribution in [0.4, 0.5) is 0 Å². The third-order valence-electron chi connectivity index (χ3n) is 3.70. The number of sulfonamides is 1. The van der Waals surface area contributed by atoms with Crippen molar-refractivity contribution in [1.82, 2.24) is 14.5 Å². The number of rotatable bonds is 4. The molecule has 1 saturated heterocycles. The number of nitrogens with one attached hydrogen (secondary N) is 1. The molecule has 1 aromatic rings. The number of piperazine rings is 1. The van der Waals surface area contributed by atoms with E-state index in [1.165, 1.54) is 4.31 Å². The van der Waals surface area contributed by atoms with E-state index in [0.717, 1.165) is 31.7 Å². The fourth-order valence-electron chi connectivity index (χ4n) is 2.37. The van der Waals surface area contributed by atoms with Crippen molar-refractivity contribution < 1.29 is 8.42 Å². The number of nitrogens with zero attached hydrogens (tertiary/aromatic N) is 2. The molecule has 1 aromatic carbocycles. The van der Waals surface area contributed by atoms with Crippen LogP contribution in [0.5, 0.6) is 0 Å². The van der Waals surface area contributed by atoms with Crippen molar-refractivity contribution >= 4 is 10.0 Å². The Morgan fingerprint density at radius 3 is 2.80 bits per heavy atom. The van der Waals surface area contributed by atoms with Crippen molar-refractivity contribution in [2.75, 3.05) is 33.7 Å². The topological polar surface area (TPSA) is 52.7 Å². The highest BCUT2D eigenvalue weighted by Crippen LogP contribution is 2.17. The molecule has 1 aliphatic rings. The first-order chi connectivity index (χ1) is 9.41. The molecule has 1 heterocycles. The Morgan fingerprint density at radius 2 is 2.15 bits per heavy atom. The Balaban J connectivity index is 2.18. The average molecular weight is 297 g/mol. The molecule has 0 aromatic heterocycles. The lowest BCUT2D eigenvalue weighted by Crippen LogP contribution is -2.49. The Morgan fingerprint density at radius 1 is 1.40 bits per heavy atom. The van der Waals surface area contributed by atoms with Crippen LogP contribution in [0.3, 0.4) is 0 Å². The second-order valence-corrected chi connectivity index (χ2v) is 7.61. The second-order valence-electron chi connectivity index (χ2n) is 5.46. The molecule has 1 aliphatic heterocycles. The monoisotopic (exact) mass is 297 g/mol. The van der Waals surface area contributed by atoms with Crippen LogP contribution in [0.15, 0.2) is 29.2 Å². The Kier molecular flexibility index (Phi) is 4.80. The van der Waals surface area contributed by atoms with Gasteiger partial charge in [0.1, 0.15) is 0 Å². The molecule has 2 rings (SSSR count). The summed E-state index contributed by atoms with van der Waals surface area (Å²) in [5, 5.41) is 3.36. The maximum absolute atomic E-state index is 12.1. The van der Waals surface area contributed by atoms with E-state index in [9.17, 15) is 8.42 Å². The van der Waals surface area contributed by atoms with Crippen LogP contribution >= 0.6 is 0 Å². The van der Waals surface area contributed by atoms with Gasteiger partial charge in [-0.15, -0.1) is 0 Å². The Hall–Kier alpha value is -0.950. The van der Waals surface area contributed by atoms with Gasteiger partial charge in [0.25, 0.3) is 0 Å². The second kappa shape index (κ2) is 6.22. The smallest absolute Gasteiger partial charge is 0.242 e. The summed E-state index contributed by atoms with van der Waals surface area (Å²) >= 11 is 0. The lowest BCUT2D eigenvalue weighted by atomic mass is 10.1. The molecule has 20 heavy (non-hydrogen) atoms. The third-order valence-corrected chi connectivity index (χ3v) is 5.51. The van der Waals surface area contributed by atoms with Crippen LogP contribution in [-0.2, 0) is 16.6 Å². The minimum absolute atomic E-state index is 0.364. The molecular weight excluding hydrogens is 274 g/mol. The van der Waals surface area contributed by atoms with Crippen molar-refractivity contribution in [3.05, 3.63) is 29.8 Å². The van der Waals surface area contributed by atoms with Gasteiger partial charge in [-0.05, 0) is 24.6 Å². The highest BCUT2D eigenvalue weighted by atomic mass is 32.2. The quantitative estimate of drug-likeness (QED) is 0.890. The zero-order chi connectivity index (χ0) is 14.8. The average Bonchev–Trinajstić information content (AvgIpc) is 2.41. The first-order valence-corrected chi connectivity index (χ1v) is 8.31. The molecule has 0 aliphatic carbocycles. The van der Waals surface area contributed by atoms with Crippen LogP contribution in [0.1, 0.15) is 12.5 Å². The fourth-order valence-corrected chi connectivity index (χ4v) is 3.34. The highest BCUT2D eigenvalue weighted by molar-refractivity contribution is 7.89. The van der Waals surface area contributed by atoms with Gasteiger partial charge >= 0.3 is 0 Å². The van der Waals surface area contributed by atoms with Crippen LogP contribution in [0, 0.1) is 0 Å². The first kappa shape index (κ1) is 15.4. The van der Waals surface area contributed by atoms with E-state index in [0.29, 0.717) is 10.9 Å². The number of hydrogen-bond donors (Lipinski definition) is 1. The van der Waals surface area contributed by atoms with Gasteiger partial charge < -0.3 is 5.32 Å². The Bertz CT molecular complexity index is 557. The van der Waals surface area contributed by atoms with Crippen LogP contribution in [0.25, 0.3) is 0 Å². The standard InChI is InChI=1S/C14H23N3O2S/c1-12-10-15-7-8-17(12)11-13-5-4-6-14(9-13)20(18,19)16(2)3/h4-6,9,12,15H,7-8,10-11H2,1-3H3/t12-/m0/s1. The summed E-state index contributed by atoms with van der Waals surface area (Å²) in [6.07, 6.45) is 0. The molecule has 1 fully saturated rings. The maximum Gasteiger partial charge on any atom is 0.242 e. The molecule has 6 heteroatoms. The zero-order valence-corrected chi connectivity index (χ0v) is 13.2. The summed E-state index contributed by atoms with van der Waals surface area (Å²) in [5.74, 6) is 0. The van der Waals surface area contributed by atoms with Crippen molar-refractivity contribution in [2.24, 2.45) is 0 Å². The summed E-state index contributed by atoms with van der Waals surface area (Å²) < 4.78 is 25.5. The van der Waals surface area contributed by atoms with Gasteiger partial charge in [0, 0.05) is 46.3 Å². The molecule has 112 valence electrons. The van der Waals surface area contributed by atoms with Crippen LogP contribution in [0.2, 0.25) is 0 Å². The minimum Gasteiger partial charge on any atom is -0.314 e. The molecular formula is C14H23N3O2S. The van der Waals surface area contributed by atoms with Crippen molar-refractivity contribution in [3.63, 3.8) is 0 Å². The molecule has 0 radical (unpaired) electrons. The number of benzene rings is 1. The molecule has 0 bridgehead atoms. The van der Waals surface area contributed by atoms with Gasteiger partial charge in [-0.25, -0.2) is 12.7 Å². The van der Waals surface area contributed by atoms with Gasteiger partial charge in [-0.2, -0.15) is 0 Å². The molecule has 5 nitrogen and oxygen atoms in total. The summed E-state index contributed by atoms with van der Waals surface area (Å²) in [7, 11) is -0.239. The third kappa shape index (κ3) is 3.38. The van der Waals surface area contributed by atoms with Crippen LogP contribution in [-0.4, -0.2) is 57.4 Å². The highest BCUT2D eigenvalue weighted by Gasteiger charge is 2.20. The lowest BCUT2D eigenvalue weighted by molar-refractivity contribution is 0.165. The van der Waals surface area contributed by atoms with Crippen molar-refractivity contribution in [2.45, 2.75) is 24.4 Å². The van der Waals surface area contributed by atoms with Gasteiger partial charge in [0.15, 0.2) is 0 Å². The van der Waals surface area contributed by atoms with Gasteiger partial charge in [0.05, 0.1) is 4.90 Å². The van der Waals surface area contributed by atoms with Gasteiger partial charge in [-0.1, -0.05) is 12.1 Å². The zero-order valence-electron chi connectivity index (χ0n) is 12.3. The fraction of sp³-hybridized carbons (Fsp3) is 0.571. The van der Waals surface area contributed by atoms with E-state index in [2.05, 4.69) is 17.1 Å². The van der Waals surface area contributed by atoms with E-state index >= 15 is 0 Å². The normalized spacial score (nSPS) is 21.3. The molecule has 1 N–H and O–H groups in total. The lowest BCUT2D eigenvalue weighted by Gasteiger charge is -2.34. The molecule has 1 atom stereocenters. The minimum atomic E-state index is -3.35. The van der Waals surface area contributed by atoms with E-state index in [-0.39, 0.29) is 0 Å². The summed E-state index contributed by atoms with van der Waals surface area (Å²) in [6, 6.07) is 7.71. The van der Waals surface area contributed by atoms with E-state index in [1.54, 1.807) is 26.2 Å². The van der Waals surface area contributed by atoms with E-state index in [4.69, 9.17) is 0 Å². The Labute approximate surface area is 121 Å². The summed E-state index contributed by atoms with van der Waals surface area (Å²) in [6.45, 7) is 5.94. The molecule has 0 amide bonds. The van der Waals surface area contributed by atoms with Gasteiger partial charge in [0.2, 0.25) is 10.0 Å². The molecule has 0 unspecified atom stereocenters. The predicted octanol–water partition coefficient (Wildman–Crippen LogP) is 0.731. The summed E-state index contributed by atoms with van der Waals surface area (Å²) in [4.78, 5) is 2.74. The number of hydrogen-bond acceptors (Lipinski definition) is 4. The molecule has 0 spiro atoms. The SMILES string of the molecule is C[C@H]1CNCCN1Cc1cccc(S(=O)(=O)N(C)C)c1. The molecule has 0 saturated carbocycles.